The normalized spacial score (nSPS) is 18.4. The van der Waals surface area contributed by atoms with E-state index in [4.69, 9.17) is 9.73 Å². The van der Waals surface area contributed by atoms with Crippen LogP contribution in [-0.2, 0) is 6.42 Å². The number of hydrogen-bond donors (Lipinski definition) is 2. The number of benzene rings is 1. The summed E-state index contributed by atoms with van der Waals surface area (Å²) in [6, 6.07) is 6.41. The molecule has 1 saturated heterocycles. The maximum Gasteiger partial charge on any atom is 0.191 e. The summed E-state index contributed by atoms with van der Waals surface area (Å²) in [5.41, 5.74) is 2.45. The van der Waals surface area contributed by atoms with E-state index in [1.165, 1.54) is 30.6 Å². The lowest BCUT2D eigenvalue weighted by molar-refractivity contribution is 0.343. The van der Waals surface area contributed by atoms with Crippen molar-refractivity contribution in [3.05, 3.63) is 29.3 Å². The maximum atomic E-state index is 5.40. The molecule has 1 fully saturated rings. The van der Waals surface area contributed by atoms with E-state index in [2.05, 4.69) is 54.5 Å². The lowest BCUT2D eigenvalue weighted by Gasteiger charge is -2.14. The van der Waals surface area contributed by atoms with Crippen LogP contribution < -0.4 is 15.4 Å². The van der Waals surface area contributed by atoms with Crippen LogP contribution in [0.25, 0.3) is 0 Å². The Labute approximate surface area is 152 Å². The largest absolute Gasteiger partial charge is 0.496 e. The predicted molar refractivity (Wildman–Crippen MR) is 106 cm³/mol. The van der Waals surface area contributed by atoms with E-state index >= 15 is 0 Å². The average molecular weight is 347 g/mol. The van der Waals surface area contributed by atoms with Crippen molar-refractivity contribution in [2.75, 3.05) is 46.4 Å². The first-order chi connectivity index (χ1) is 12.2. The maximum absolute atomic E-state index is 5.40. The van der Waals surface area contributed by atoms with E-state index in [0.29, 0.717) is 5.92 Å². The number of hydrogen-bond acceptors (Lipinski definition) is 3. The molecule has 0 aliphatic carbocycles. The third-order valence-electron chi connectivity index (χ3n) is 4.85. The number of likely N-dealkylation sites (tertiary alicyclic amines) is 1. The quantitative estimate of drug-likeness (QED) is 0.561. The standard InChI is InChI=1S/C20H34N4O/c1-5-21-20(23-14-18-10-12-24(6-2)15-18)22-11-9-17-8-7-16(3)19(13-17)25-4/h7-8,13,18H,5-6,9-12,14-15H2,1-4H3,(H2,21,22,23). The molecule has 140 valence electrons. The number of guanidine groups is 1. The number of nitrogens with zero attached hydrogens (tertiary/aromatic N) is 2. The van der Waals surface area contributed by atoms with Gasteiger partial charge in [-0.15, -0.1) is 0 Å². The summed E-state index contributed by atoms with van der Waals surface area (Å²) in [6.45, 7) is 12.6. The molecule has 25 heavy (non-hydrogen) atoms. The minimum absolute atomic E-state index is 0.691. The number of aryl methyl sites for hydroxylation is 1. The van der Waals surface area contributed by atoms with E-state index in [1.807, 2.05) is 0 Å². The number of ether oxygens (including phenoxy) is 1. The van der Waals surface area contributed by atoms with Crippen molar-refractivity contribution in [3.8, 4) is 5.75 Å². The molecule has 1 atom stereocenters. The first-order valence-electron chi connectivity index (χ1n) is 9.54. The van der Waals surface area contributed by atoms with Crippen LogP contribution in [0.15, 0.2) is 23.2 Å². The smallest absolute Gasteiger partial charge is 0.191 e. The molecule has 1 aromatic rings. The minimum atomic E-state index is 0.691. The summed E-state index contributed by atoms with van der Waals surface area (Å²) >= 11 is 0. The molecule has 1 aliphatic rings. The zero-order chi connectivity index (χ0) is 18.1. The number of rotatable bonds is 8. The van der Waals surface area contributed by atoms with Crippen molar-refractivity contribution in [1.82, 2.24) is 15.5 Å². The molecule has 1 aromatic carbocycles. The van der Waals surface area contributed by atoms with Crippen molar-refractivity contribution < 1.29 is 4.74 Å². The van der Waals surface area contributed by atoms with Crippen molar-refractivity contribution >= 4 is 5.96 Å². The molecule has 0 aromatic heterocycles. The van der Waals surface area contributed by atoms with E-state index < -0.39 is 0 Å². The fourth-order valence-corrected chi connectivity index (χ4v) is 3.26. The zero-order valence-corrected chi connectivity index (χ0v) is 16.3. The van der Waals surface area contributed by atoms with Gasteiger partial charge in [0.25, 0.3) is 0 Å². The third kappa shape index (κ3) is 6.24. The van der Waals surface area contributed by atoms with Gasteiger partial charge in [0.2, 0.25) is 0 Å². The Morgan fingerprint density at radius 2 is 2.16 bits per heavy atom. The van der Waals surface area contributed by atoms with Crippen molar-refractivity contribution in [2.24, 2.45) is 10.9 Å². The molecule has 0 amide bonds. The Kier molecular flexibility index (Phi) is 8.06. The fraction of sp³-hybridized carbons (Fsp3) is 0.650. The highest BCUT2D eigenvalue weighted by atomic mass is 16.5. The van der Waals surface area contributed by atoms with Gasteiger partial charge in [0.15, 0.2) is 5.96 Å². The van der Waals surface area contributed by atoms with E-state index in [9.17, 15) is 0 Å². The fourth-order valence-electron chi connectivity index (χ4n) is 3.26. The van der Waals surface area contributed by atoms with Gasteiger partial charge in [-0.25, -0.2) is 0 Å². The first kappa shape index (κ1) is 19.6. The Morgan fingerprint density at radius 3 is 2.84 bits per heavy atom. The van der Waals surface area contributed by atoms with E-state index in [-0.39, 0.29) is 0 Å². The second-order valence-corrected chi connectivity index (χ2v) is 6.75. The van der Waals surface area contributed by atoms with Crippen LogP contribution in [0.1, 0.15) is 31.4 Å². The van der Waals surface area contributed by atoms with Crippen LogP contribution in [-0.4, -0.2) is 57.2 Å². The molecule has 2 N–H and O–H groups in total. The van der Waals surface area contributed by atoms with E-state index in [1.54, 1.807) is 7.11 Å². The molecule has 0 radical (unpaired) electrons. The van der Waals surface area contributed by atoms with Gasteiger partial charge in [0.1, 0.15) is 5.75 Å². The number of aliphatic imine (C=N–C) groups is 1. The summed E-state index contributed by atoms with van der Waals surface area (Å²) in [5, 5.41) is 6.81. The summed E-state index contributed by atoms with van der Waals surface area (Å²) in [4.78, 5) is 7.29. The lowest BCUT2D eigenvalue weighted by atomic mass is 10.1. The second kappa shape index (κ2) is 10.3. The van der Waals surface area contributed by atoms with Gasteiger partial charge in [0.05, 0.1) is 7.11 Å². The van der Waals surface area contributed by atoms with Gasteiger partial charge >= 0.3 is 0 Å². The van der Waals surface area contributed by atoms with E-state index in [0.717, 1.165) is 44.3 Å². The van der Waals surface area contributed by atoms with Gasteiger partial charge in [-0.2, -0.15) is 0 Å². The number of methoxy groups -OCH3 is 1. The Morgan fingerprint density at radius 1 is 1.32 bits per heavy atom. The molecule has 1 aliphatic heterocycles. The molecular formula is C20H34N4O. The number of nitrogens with one attached hydrogen (secondary N) is 2. The van der Waals surface area contributed by atoms with Gasteiger partial charge < -0.3 is 20.3 Å². The van der Waals surface area contributed by atoms with Crippen LogP contribution in [0.5, 0.6) is 5.75 Å². The van der Waals surface area contributed by atoms with Crippen LogP contribution in [0.3, 0.4) is 0 Å². The highest BCUT2D eigenvalue weighted by Gasteiger charge is 2.20. The van der Waals surface area contributed by atoms with Gasteiger partial charge in [0, 0.05) is 26.2 Å². The molecule has 5 heteroatoms. The Hall–Kier alpha value is -1.75. The van der Waals surface area contributed by atoms with Gasteiger partial charge in [-0.1, -0.05) is 19.1 Å². The molecule has 0 saturated carbocycles. The predicted octanol–water partition coefficient (Wildman–Crippen LogP) is 2.44. The molecule has 5 nitrogen and oxygen atoms in total. The topological polar surface area (TPSA) is 48.9 Å². The molecular weight excluding hydrogens is 312 g/mol. The SMILES string of the molecule is CCNC(=NCC1CCN(CC)C1)NCCc1ccc(C)c(OC)c1. The molecule has 1 heterocycles. The molecule has 0 bridgehead atoms. The molecule has 0 spiro atoms. The minimum Gasteiger partial charge on any atom is -0.496 e. The van der Waals surface area contributed by atoms with Crippen LogP contribution in [0.4, 0.5) is 0 Å². The summed E-state index contributed by atoms with van der Waals surface area (Å²) in [6.07, 6.45) is 2.22. The second-order valence-electron chi connectivity index (χ2n) is 6.75. The van der Waals surface area contributed by atoms with Gasteiger partial charge in [-0.3, -0.25) is 4.99 Å². The molecule has 1 unspecified atom stereocenters. The highest BCUT2D eigenvalue weighted by Crippen LogP contribution is 2.19. The van der Waals surface area contributed by atoms with Crippen LogP contribution >= 0.6 is 0 Å². The lowest BCUT2D eigenvalue weighted by Crippen LogP contribution is -2.38. The van der Waals surface area contributed by atoms with Crippen molar-refractivity contribution in [1.29, 1.82) is 0 Å². The first-order valence-corrected chi connectivity index (χ1v) is 9.54. The Bertz CT molecular complexity index is 559. The Balaban J connectivity index is 1.81. The van der Waals surface area contributed by atoms with Crippen LogP contribution in [0, 0.1) is 12.8 Å². The average Bonchev–Trinajstić information content (AvgIpc) is 3.09. The highest BCUT2D eigenvalue weighted by molar-refractivity contribution is 5.79. The van der Waals surface area contributed by atoms with Gasteiger partial charge in [-0.05, 0) is 62.9 Å². The third-order valence-corrected chi connectivity index (χ3v) is 4.85. The van der Waals surface area contributed by atoms with Crippen molar-refractivity contribution in [3.63, 3.8) is 0 Å². The van der Waals surface area contributed by atoms with Crippen molar-refractivity contribution in [2.45, 2.75) is 33.6 Å². The monoisotopic (exact) mass is 346 g/mol. The summed E-state index contributed by atoms with van der Waals surface area (Å²) in [7, 11) is 1.73. The summed E-state index contributed by atoms with van der Waals surface area (Å²) in [5.74, 6) is 2.58. The summed E-state index contributed by atoms with van der Waals surface area (Å²) < 4.78 is 5.40. The zero-order valence-electron chi connectivity index (χ0n) is 16.3. The molecule has 2 rings (SSSR count). The van der Waals surface area contributed by atoms with Crippen LogP contribution in [0.2, 0.25) is 0 Å².